The number of primary amides is 1. The number of hydrogen-bond acceptors (Lipinski definition) is 5. The quantitative estimate of drug-likeness (QED) is 0.478. The van der Waals surface area contributed by atoms with Gasteiger partial charge in [-0.1, -0.05) is 23.7 Å². The molecule has 2 aliphatic rings. The second kappa shape index (κ2) is 7.76. The third-order valence-corrected chi connectivity index (χ3v) is 7.51. The lowest BCUT2D eigenvalue weighted by molar-refractivity contribution is -0.181. The van der Waals surface area contributed by atoms with E-state index in [4.69, 9.17) is 17.3 Å². The van der Waals surface area contributed by atoms with Crippen molar-refractivity contribution in [2.75, 3.05) is 18.0 Å². The molecular formula is C23H20ClF5N6O2. The van der Waals surface area contributed by atoms with Crippen LogP contribution in [0.5, 0.6) is 0 Å². The zero-order valence-electron chi connectivity index (χ0n) is 19.4. The number of nitrogens with two attached hydrogens (primary N) is 1. The van der Waals surface area contributed by atoms with Crippen LogP contribution < -0.4 is 16.0 Å². The molecule has 3 heterocycles. The maximum Gasteiger partial charge on any atom is 0.401 e. The van der Waals surface area contributed by atoms with Gasteiger partial charge in [-0.05, 0) is 31.5 Å². The van der Waals surface area contributed by atoms with E-state index in [0.29, 0.717) is 5.69 Å². The van der Waals surface area contributed by atoms with Gasteiger partial charge < -0.3 is 16.0 Å². The van der Waals surface area contributed by atoms with Crippen LogP contribution in [0.2, 0.25) is 5.15 Å². The lowest BCUT2D eigenvalue weighted by Gasteiger charge is -2.28. The fourth-order valence-electron chi connectivity index (χ4n) is 5.09. The summed E-state index contributed by atoms with van der Waals surface area (Å²) >= 11 is 5.92. The Morgan fingerprint density at radius 2 is 1.86 bits per heavy atom. The number of aromatic nitrogens is 3. The van der Waals surface area contributed by atoms with Gasteiger partial charge in [0.15, 0.2) is 10.8 Å². The number of hydrogen-bond donors (Lipinski definition) is 2. The van der Waals surface area contributed by atoms with Crippen molar-refractivity contribution < 1.29 is 31.5 Å². The van der Waals surface area contributed by atoms with E-state index in [-0.39, 0.29) is 27.7 Å². The number of rotatable bonds is 5. The maximum atomic E-state index is 14.7. The van der Waals surface area contributed by atoms with Crippen LogP contribution in [0.15, 0.2) is 36.5 Å². The topological polar surface area (TPSA) is 106 Å². The zero-order valence-corrected chi connectivity index (χ0v) is 20.2. The third kappa shape index (κ3) is 3.46. The molecule has 37 heavy (non-hydrogen) atoms. The molecule has 0 bridgehead atoms. The van der Waals surface area contributed by atoms with Crippen LogP contribution in [-0.4, -0.2) is 51.6 Å². The molecule has 8 nitrogen and oxygen atoms in total. The minimum atomic E-state index is -4.65. The first kappa shape index (κ1) is 25.2. The van der Waals surface area contributed by atoms with Crippen molar-refractivity contribution in [2.24, 2.45) is 11.1 Å². The van der Waals surface area contributed by atoms with Crippen LogP contribution in [-0.2, 0) is 15.0 Å². The molecule has 3 aromatic rings. The molecular weight excluding hydrogens is 523 g/mol. The number of benzene rings is 1. The fraction of sp³-hybridized carbons (Fsp3) is 0.391. The van der Waals surface area contributed by atoms with Crippen molar-refractivity contribution in [3.8, 4) is 0 Å². The second-order valence-electron chi connectivity index (χ2n) is 9.64. The molecule has 14 heteroatoms. The molecule has 0 saturated heterocycles. The summed E-state index contributed by atoms with van der Waals surface area (Å²) in [5, 5.41) is 6.09. The van der Waals surface area contributed by atoms with Gasteiger partial charge in [-0.15, -0.1) is 0 Å². The number of anilines is 2. The number of nitrogens with zero attached hydrogens (tertiary/aromatic N) is 4. The fourth-order valence-corrected chi connectivity index (χ4v) is 5.27. The second-order valence-corrected chi connectivity index (χ2v) is 10.0. The summed E-state index contributed by atoms with van der Waals surface area (Å²) < 4.78 is 73.5. The lowest BCUT2D eigenvalue weighted by atomic mass is 9.87. The van der Waals surface area contributed by atoms with Crippen molar-refractivity contribution in [2.45, 2.75) is 37.3 Å². The predicted octanol–water partition coefficient (Wildman–Crippen LogP) is 3.69. The molecule has 3 N–H and O–H groups in total. The van der Waals surface area contributed by atoms with Crippen molar-refractivity contribution in [3.05, 3.63) is 52.9 Å². The van der Waals surface area contributed by atoms with E-state index >= 15 is 0 Å². The number of alkyl halides is 5. The summed E-state index contributed by atoms with van der Waals surface area (Å²) in [5.74, 6) is -6.78. The Balaban J connectivity index is 1.50. The zero-order chi connectivity index (χ0) is 27.1. The Morgan fingerprint density at radius 1 is 1.22 bits per heavy atom. The standard InChI is InChI=1S/C23H20ClF5N6O2/c1-20(23(27,28)29)10-34(13-8-31-16-7-14(24)33-35(16)18(13)20)12-5-3-11(4-6-12)17-21(2,22(17,25)26)19(37)32-9-15(30)36/h3-8,17H,9-10H2,1-2H3,(H2,30,36)(H,32,37)/t17-,20-,21+/m1/s1. The average molecular weight is 543 g/mol. The Morgan fingerprint density at radius 3 is 2.46 bits per heavy atom. The summed E-state index contributed by atoms with van der Waals surface area (Å²) in [5.41, 5.74) is 1.12. The van der Waals surface area contributed by atoms with Crippen molar-refractivity contribution in [1.29, 1.82) is 0 Å². The van der Waals surface area contributed by atoms with Gasteiger partial charge in [0.1, 0.15) is 10.8 Å². The van der Waals surface area contributed by atoms with Gasteiger partial charge in [-0.25, -0.2) is 18.3 Å². The average Bonchev–Trinajstić information content (AvgIpc) is 3.10. The molecule has 1 aromatic carbocycles. The number of halogens is 6. The Hall–Kier alpha value is -3.48. The van der Waals surface area contributed by atoms with E-state index in [1.165, 1.54) is 41.4 Å². The Bertz CT molecular complexity index is 1440. The third-order valence-electron chi connectivity index (χ3n) is 7.33. The van der Waals surface area contributed by atoms with Crippen LogP contribution in [0.4, 0.5) is 33.3 Å². The highest BCUT2D eigenvalue weighted by Gasteiger charge is 2.82. The number of amides is 2. The molecule has 2 amide bonds. The molecule has 1 fully saturated rings. The molecule has 0 radical (unpaired) electrons. The summed E-state index contributed by atoms with van der Waals surface area (Å²) in [6.07, 6.45) is -3.36. The molecule has 0 unspecified atom stereocenters. The molecule has 3 atom stereocenters. The first-order chi connectivity index (χ1) is 17.1. The van der Waals surface area contributed by atoms with Gasteiger partial charge in [0.05, 0.1) is 30.0 Å². The van der Waals surface area contributed by atoms with Crippen LogP contribution in [0.1, 0.15) is 31.0 Å². The minimum absolute atomic E-state index is 0.0125. The maximum absolute atomic E-state index is 14.7. The number of carbonyl (C=O) groups is 2. The van der Waals surface area contributed by atoms with Crippen molar-refractivity contribution in [3.63, 3.8) is 0 Å². The van der Waals surface area contributed by atoms with E-state index in [2.05, 4.69) is 15.4 Å². The van der Waals surface area contributed by atoms with Gasteiger partial charge >= 0.3 is 6.18 Å². The van der Waals surface area contributed by atoms with E-state index in [0.717, 1.165) is 18.4 Å². The van der Waals surface area contributed by atoms with Gasteiger partial charge in [-0.3, -0.25) is 9.59 Å². The highest BCUT2D eigenvalue weighted by Crippen LogP contribution is 2.71. The molecule has 0 spiro atoms. The number of fused-ring (bicyclic) bond motifs is 3. The van der Waals surface area contributed by atoms with E-state index in [1.807, 2.05) is 0 Å². The summed E-state index contributed by atoms with van der Waals surface area (Å²) in [6, 6.07) is 6.87. The van der Waals surface area contributed by atoms with Gasteiger partial charge in [0.2, 0.25) is 11.8 Å². The summed E-state index contributed by atoms with van der Waals surface area (Å²) in [6.45, 7) is 1.05. The molecule has 2 aromatic heterocycles. The number of nitrogens with one attached hydrogen (secondary N) is 1. The van der Waals surface area contributed by atoms with Crippen LogP contribution in [0.3, 0.4) is 0 Å². The van der Waals surface area contributed by atoms with Gasteiger partial charge in [-0.2, -0.15) is 18.3 Å². The smallest absolute Gasteiger partial charge is 0.368 e. The van der Waals surface area contributed by atoms with Crippen molar-refractivity contribution >= 4 is 40.4 Å². The van der Waals surface area contributed by atoms with E-state index < -0.39 is 53.8 Å². The molecule has 196 valence electrons. The summed E-state index contributed by atoms with van der Waals surface area (Å²) in [7, 11) is 0. The van der Waals surface area contributed by atoms with Gasteiger partial charge in [0, 0.05) is 18.3 Å². The largest absolute Gasteiger partial charge is 0.401 e. The van der Waals surface area contributed by atoms with Crippen LogP contribution >= 0.6 is 11.6 Å². The molecule has 1 aliphatic carbocycles. The molecule has 1 aliphatic heterocycles. The lowest BCUT2D eigenvalue weighted by Crippen LogP contribution is -2.43. The Kier molecular flexibility index (Phi) is 5.28. The predicted molar refractivity (Wildman–Crippen MR) is 123 cm³/mol. The van der Waals surface area contributed by atoms with Crippen LogP contribution in [0.25, 0.3) is 5.65 Å². The van der Waals surface area contributed by atoms with E-state index in [9.17, 15) is 31.5 Å². The van der Waals surface area contributed by atoms with Gasteiger partial charge in [0.25, 0.3) is 5.92 Å². The highest BCUT2D eigenvalue weighted by molar-refractivity contribution is 6.29. The van der Waals surface area contributed by atoms with Crippen LogP contribution in [0, 0.1) is 5.41 Å². The Labute approximate surface area is 211 Å². The first-order valence-corrected chi connectivity index (χ1v) is 11.4. The molecule has 5 rings (SSSR count). The SMILES string of the molecule is C[C@@]1(C(F)(F)F)CN(c2ccc([C@H]3C(F)(F)[C@]3(C)C(=O)NCC(N)=O)cc2)c2cnc3cc(Cl)nn3c21. The first-order valence-electron chi connectivity index (χ1n) is 11.1. The minimum Gasteiger partial charge on any atom is -0.368 e. The van der Waals surface area contributed by atoms with E-state index in [1.54, 1.807) is 0 Å². The number of carbonyl (C=O) groups excluding carboxylic acids is 2. The van der Waals surface area contributed by atoms with Crippen molar-refractivity contribution in [1.82, 2.24) is 19.9 Å². The highest BCUT2D eigenvalue weighted by atomic mass is 35.5. The monoisotopic (exact) mass is 542 g/mol. The normalized spacial score (nSPS) is 26.3. The molecule has 1 saturated carbocycles. The summed E-state index contributed by atoms with van der Waals surface area (Å²) in [4.78, 5) is 28.9.